The summed E-state index contributed by atoms with van der Waals surface area (Å²) in [6.45, 7) is 0. The number of hydrogen-bond acceptors (Lipinski definition) is 4. The number of benzene rings is 8. The van der Waals surface area contributed by atoms with E-state index in [0.717, 1.165) is 88.4 Å². The second-order valence-corrected chi connectivity index (χ2v) is 14.0. The molecule has 0 aliphatic heterocycles. The van der Waals surface area contributed by atoms with E-state index in [1.54, 1.807) is 0 Å². The van der Waals surface area contributed by atoms with Gasteiger partial charge in [-0.3, -0.25) is 0 Å². The van der Waals surface area contributed by atoms with Crippen LogP contribution in [0.3, 0.4) is 0 Å². The van der Waals surface area contributed by atoms with Crippen molar-refractivity contribution in [3.8, 4) is 62.1 Å². The van der Waals surface area contributed by atoms with E-state index in [1.807, 2.05) is 36.4 Å². The van der Waals surface area contributed by atoms with E-state index in [2.05, 4.69) is 162 Å². The number of nitrogens with zero attached hydrogens (tertiary/aromatic N) is 4. The molecule has 0 amide bonds. The van der Waals surface area contributed by atoms with Crippen LogP contribution >= 0.6 is 0 Å². The Balaban J connectivity index is 1.19. The monoisotopic (exact) mass is 716 g/mol. The molecule has 5 nitrogen and oxygen atoms in total. The SMILES string of the molecule is c1ccc(-c2ccc(-c3nc(-c4ccccc4)nc(-c4cccc5c6ccccc6n(-c6cccc7oc8cccc(-c9ccccc9)c8c67)c45)n3)cc2)cc1. The molecule has 0 spiro atoms. The van der Waals surface area contributed by atoms with Crippen LogP contribution in [0.2, 0.25) is 0 Å². The molecule has 0 aliphatic carbocycles. The number of furan rings is 1. The van der Waals surface area contributed by atoms with Gasteiger partial charge in [-0.25, -0.2) is 15.0 Å². The molecule has 3 aromatic heterocycles. The van der Waals surface area contributed by atoms with Crippen molar-refractivity contribution in [2.24, 2.45) is 0 Å². The van der Waals surface area contributed by atoms with Crippen molar-refractivity contribution in [1.29, 1.82) is 0 Å². The van der Waals surface area contributed by atoms with Gasteiger partial charge in [0, 0.05) is 32.8 Å². The van der Waals surface area contributed by atoms with E-state index < -0.39 is 0 Å². The van der Waals surface area contributed by atoms with Gasteiger partial charge in [-0.1, -0.05) is 164 Å². The van der Waals surface area contributed by atoms with Gasteiger partial charge >= 0.3 is 0 Å². The molecular formula is C51H32N4O. The van der Waals surface area contributed by atoms with Crippen molar-refractivity contribution < 1.29 is 4.42 Å². The Kier molecular flexibility index (Phi) is 7.42. The molecule has 11 rings (SSSR count). The fourth-order valence-electron chi connectivity index (χ4n) is 8.13. The number of para-hydroxylation sites is 2. The summed E-state index contributed by atoms with van der Waals surface area (Å²) in [5.74, 6) is 1.83. The zero-order valence-electron chi connectivity index (χ0n) is 30.2. The molecule has 0 saturated carbocycles. The van der Waals surface area contributed by atoms with Crippen molar-refractivity contribution >= 4 is 43.7 Å². The molecule has 0 unspecified atom stereocenters. The lowest BCUT2D eigenvalue weighted by atomic mass is 9.98. The van der Waals surface area contributed by atoms with Crippen LogP contribution in [0.1, 0.15) is 0 Å². The summed E-state index contributed by atoms with van der Waals surface area (Å²) in [4.78, 5) is 15.6. The highest BCUT2D eigenvalue weighted by Crippen LogP contribution is 2.44. The Morgan fingerprint density at radius 3 is 1.57 bits per heavy atom. The van der Waals surface area contributed by atoms with Gasteiger partial charge in [0.25, 0.3) is 0 Å². The third kappa shape index (κ3) is 5.21. The summed E-state index contributed by atoms with van der Waals surface area (Å²) in [5.41, 5.74) is 12.1. The highest BCUT2D eigenvalue weighted by molar-refractivity contribution is 6.19. The maximum absolute atomic E-state index is 6.61. The van der Waals surface area contributed by atoms with Crippen molar-refractivity contribution in [3.05, 3.63) is 194 Å². The molecule has 3 heterocycles. The molecule has 0 bridgehead atoms. The van der Waals surface area contributed by atoms with Crippen LogP contribution in [0.5, 0.6) is 0 Å². The molecule has 56 heavy (non-hydrogen) atoms. The van der Waals surface area contributed by atoms with Crippen molar-refractivity contribution in [2.75, 3.05) is 0 Å². The van der Waals surface area contributed by atoms with Crippen molar-refractivity contribution in [3.63, 3.8) is 0 Å². The quantitative estimate of drug-likeness (QED) is 0.172. The molecule has 0 aliphatic rings. The first-order valence-corrected chi connectivity index (χ1v) is 18.8. The number of hydrogen-bond donors (Lipinski definition) is 0. The molecule has 8 aromatic carbocycles. The maximum Gasteiger partial charge on any atom is 0.166 e. The van der Waals surface area contributed by atoms with Crippen LogP contribution in [0.25, 0.3) is 106 Å². The molecular weight excluding hydrogens is 685 g/mol. The van der Waals surface area contributed by atoms with E-state index in [-0.39, 0.29) is 0 Å². The summed E-state index contributed by atoms with van der Waals surface area (Å²) in [5, 5.41) is 4.40. The van der Waals surface area contributed by atoms with Crippen LogP contribution in [-0.2, 0) is 0 Å². The van der Waals surface area contributed by atoms with Gasteiger partial charge < -0.3 is 8.98 Å². The first-order chi connectivity index (χ1) is 27.8. The van der Waals surface area contributed by atoms with Crippen molar-refractivity contribution in [1.82, 2.24) is 19.5 Å². The number of aromatic nitrogens is 4. The van der Waals surface area contributed by atoms with Crippen LogP contribution in [0, 0.1) is 0 Å². The molecule has 5 heteroatoms. The topological polar surface area (TPSA) is 56.7 Å². The fraction of sp³-hybridized carbons (Fsp3) is 0. The van der Waals surface area contributed by atoms with Crippen LogP contribution in [-0.4, -0.2) is 19.5 Å². The Morgan fingerprint density at radius 2 is 0.839 bits per heavy atom. The first-order valence-electron chi connectivity index (χ1n) is 18.8. The average Bonchev–Trinajstić information content (AvgIpc) is 3.84. The molecule has 0 N–H and O–H groups in total. The predicted molar refractivity (Wildman–Crippen MR) is 229 cm³/mol. The minimum absolute atomic E-state index is 0.602. The van der Waals surface area contributed by atoms with Crippen LogP contribution in [0.15, 0.2) is 199 Å². The highest BCUT2D eigenvalue weighted by Gasteiger charge is 2.23. The molecule has 11 aromatic rings. The first kappa shape index (κ1) is 31.9. The number of rotatable bonds is 6. The van der Waals surface area contributed by atoms with Gasteiger partial charge in [0.2, 0.25) is 0 Å². The van der Waals surface area contributed by atoms with Crippen LogP contribution in [0.4, 0.5) is 0 Å². The molecule has 0 radical (unpaired) electrons. The Labute approximate surface area is 322 Å². The summed E-state index contributed by atoms with van der Waals surface area (Å²) < 4.78 is 8.99. The summed E-state index contributed by atoms with van der Waals surface area (Å²) >= 11 is 0. The Hall–Kier alpha value is -7.63. The third-order valence-electron chi connectivity index (χ3n) is 10.7. The van der Waals surface area contributed by atoms with E-state index in [9.17, 15) is 0 Å². The second kappa shape index (κ2) is 13.0. The lowest BCUT2D eigenvalue weighted by Gasteiger charge is -2.14. The lowest BCUT2D eigenvalue weighted by molar-refractivity contribution is 0.669. The summed E-state index contributed by atoms with van der Waals surface area (Å²) in [6.07, 6.45) is 0. The van der Waals surface area contributed by atoms with E-state index in [0.29, 0.717) is 17.5 Å². The van der Waals surface area contributed by atoms with Crippen LogP contribution < -0.4 is 0 Å². The van der Waals surface area contributed by atoms with Gasteiger partial charge in [0.05, 0.1) is 22.1 Å². The molecule has 0 atom stereocenters. The van der Waals surface area contributed by atoms with E-state index in [1.165, 1.54) is 0 Å². The standard InChI is InChI=1S/C51H32N4O/c1-4-15-33(16-5-1)34-29-31-37(32-30-34)50-52-49(36-19-8-3-9-20-36)53-51(54-50)41-24-12-23-40-39-21-10-11-25-42(39)55(48(40)41)43-26-14-28-45-47(43)46-38(22-13-27-44(46)56-45)35-17-6-2-7-18-35/h1-32H. The molecule has 0 fully saturated rings. The minimum Gasteiger partial charge on any atom is -0.456 e. The molecule has 0 saturated heterocycles. The normalized spacial score (nSPS) is 11.6. The lowest BCUT2D eigenvalue weighted by Crippen LogP contribution is -2.02. The zero-order valence-corrected chi connectivity index (χ0v) is 30.2. The zero-order chi connectivity index (χ0) is 37.0. The Morgan fingerprint density at radius 1 is 0.339 bits per heavy atom. The van der Waals surface area contributed by atoms with Gasteiger partial charge in [0.1, 0.15) is 11.2 Å². The minimum atomic E-state index is 0.602. The van der Waals surface area contributed by atoms with Gasteiger partial charge in [-0.2, -0.15) is 0 Å². The van der Waals surface area contributed by atoms with Crippen molar-refractivity contribution in [2.45, 2.75) is 0 Å². The van der Waals surface area contributed by atoms with E-state index in [4.69, 9.17) is 19.4 Å². The van der Waals surface area contributed by atoms with Gasteiger partial charge in [-0.15, -0.1) is 0 Å². The highest BCUT2D eigenvalue weighted by atomic mass is 16.3. The maximum atomic E-state index is 6.61. The Bertz CT molecular complexity index is 3220. The smallest absolute Gasteiger partial charge is 0.166 e. The third-order valence-corrected chi connectivity index (χ3v) is 10.7. The van der Waals surface area contributed by atoms with Gasteiger partial charge in [-0.05, 0) is 52.6 Å². The van der Waals surface area contributed by atoms with E-state index >= 15 is 0 Å². The molecule has 262 valence electrons. The summed E-state index contributed by atoms with van der Waals surface area (Å²) in [6, 6.07) is 67.3. The summed E-state index contributed by atoms with van der Waals surface area (Å²) in [7, 11) is 0. The van der Waals surface area contributed by atoms with Gasteiger partial charge in [0.15, 0.2) is 17.5 Å². The average molecular weight is 717 g/mol. The predicted octanol–water partition coefficient (Wildman–Crippen LogP) is 13.2. The second-order valence-electron chi connectivity index (χ2n) is 14.0. The number of fused-ring (bicyclic) bond motifs is 6. The fourth-order valence-corrected chi connectivity index (χ4v) is 8.13. The largest absolute Gasteiger partial charge is 0.456 e.